The van der Waals surface area contributed by atoms with Gasteiger partial charge in [0.2, 0.25) is 10.0 Å². The number of carbonyl (C=O) groups excluding carboxylic acids is 1. The molecule has 0 saturated heterocycles. The van der Waals surface area contributed by atoms with Crippen molar-refractivity contribution >= 4 is 32.6 Å². The molecule has 1 heterocycles. The average Bonchev–Trinajstić information content (AvgIpc) is 3.15. The molecule has 0 aliphatic carbocycles. The van der Waals surface area contributed by atoms with E-state index in [4.69, 9.17) is 13.9 Å². The van der Waals surface area contributed by atoms with E-state index in [2.05, 4.69) is 5.32 Å². The van der Waals surface area contributed by atoms with Crippen molar-refractivity contribution in [3.05, 3.63) is 47.8 Å². The molecule has 178 valence electrons. The number of anilines is 1. The first-order chi connectivity index (χ1) is 15.7. The molecule has 0 saturated carbocycles. The van der Waals surface area contributed by atoms with E-state index in [0.29, 0.717) is 29.7 Å². The topological polar surface area (TPSA) is 98.1 Å². The van der Waals surface area contributed by atoms with Crippen molar-refractivity contribution in [2.45, 2.75) is 13.3 Å². The van der Waals surface area contributed by atoms with Crippen LogP contribution in [-0.4, -0.2) is 54.5 Å². The van der Waals surface area contributed by atoms with Crippen molar-refractivity contribution in [3.63, 3.8) is 0 Å². The number of nitrogens with one attached hydrogen (secondary N) is 1. The molecule has 0 bridgehead atoms. The number of fused-ring (bicyclic) bond motifs is 1. The van der Waals surface area contributed by atoms with Crippen LogP contribution in [0.3, 0.4) is 0 Å². The average molecular weight is 479 g/mol. The Bertz CT molecular complexity index is 1240. The molecule has 0 aliphatic rings. The van der Waals surface area contributed by atoms with Gasteiger partial charge in [-0.15, -0.1) is 0 Å². The van der Waals surface area contributed by atoms with Gasteiger partial charge < -0.3 is 19.2 Å². The second-order valence-electron chi connectivity index (χ2n) is 7.38. The van der Waals surface area contributed by atoms with E-state index in [9.17, 15) is 17.6 Å². The maximum atomic E-state index is 13.5. The summed E-state index contributed by atoms with van der Waals surface area (Å²) in [5.74, 6) is -0.286. The van der Waals surface area contributed by atoms with Crippen molar-refractivity contribution in [1.82, 2.24) is 5.32 Å². The minimum atomic E-state index is -3.68. The van der Waals surface area contributed by atoms with Crippen LogP contribution in [0.15, 0.2) is 40.8 Å². The summed E-state index contributed by atoms with van der Waals surface area (Å²) >= 11 is 0. The third-order valence-electron chi connectivity index (χ3n) is 4.96. The van der Waals surface area contributed by atoms with Gasteiger partial charge in [0.15, 0.2) is 0 Å². The fourth-order valence-electron chi connectivity index (χ4n) is 3.43. The third-order valence-corrected chi connectivity index (χ3v) is 6.14. The molecule has 0 aliphatic heterocycles. The number of hydrogen-bond donors (Lipinski definition) is 1. The number of nitrogens with zero attached hydrogens (tertiary/aromatic N) is 1. The molecule has 0 radical (unpaired) electrons. The van der Waals surface area contributed by atoms with Crippen LogP contribution >= 0.6 is 0 Å². The number of benzene rings is 2. The molecule has 0 atom stereocenters. The number of ether oxygens (including phenoxy) is 2. The number of sulfonamides is 1. The predicted molar refractivity (Wildman–Crippen MR) is 125 cm³/mol. The first-order valence-corrected chi connectivity index (χ1v) is 12.2. The summed E-state index contributed by atoms with van der Waals surface area (Å²) in [7, 11) is -0.701. The van der Waals surface area contributed by atoms with E-state index < -0.39 is 21.7 Å². The minimum absolute atomic E-state index is 0.0666. The highest BCUT2D eigenvalue weighted by Crippen LogP contribution is 2.41. The molecular formula is C23H27FN2O6S. The van der Waals surface area contributed by atoms with Crippen molar-refractivity contribution in [3.8, 4) is 17.1 Å². The van der Waals surface area contributed by atoms with E-state index in [1.807, 2.05) is 6.92 Å². The quantitative estimate of drug-likeness (QED) is 0.476. The van der Waals surface area contributed by atoms with Gasteiger partial charge in [0.05, 0.1) is 37.3 Å². The molecule has 0 spiro atoms. The van der Waals surface area contributed by atoms with Gasteiger partial charge in [0, 0.05) is 31.2 Å². The van der Waals surface area contributed by atoms with Gasteiger partial charge in [-0.25, -0.2) is 12.8 Å². The van der Waals surface area contributed by atoms with Crippen molar-refractivity contribution in [2.75, 3.05) is 44.5 Å². The van der Waals surface area contributed by atoms with E-state index in [0.717, 1.165) is 6.26 Å². The van der Waals surface area contributed by atoms with Crippen LogP contribution in [0.4, 0.5) is 10.1 Å². The molecule has 1 amide bonds. The zero-order valence-electron chi connectivity index (χ0n) is 19.0. The van der Waals surface area contributed by atoms with Crippen LogP contribution in [0.2, 0.25) is 0 Å². The SMILES string of the molecule is CCCOc1cc2c(C(=O)NC)c(-c3ccc(F)cc3)oc2cc1N(CCOC)S(C)(=O)=O. The van der Waals surface area contributed by atoms with Crippen molar-refractivity contribution < 1.29 is 31.5 Å². The fourth-order valence-corrected chi connectivity index (χ4v) is 4.34. The van der Waals surface area contributed by atoms with Gasteiger partial charge in [-0.1, -0.05) is 6.92 Å². The predicted octanol–water partition coefficient (Wildman–Crippen LogP) is 3.80. The normalized spacial score (nSPS) is 11.5. The molecule has 33 heavy (non-hydrogen) atoms. The number of amides is 1. The van der Waals surface area contributed by atoms with Crippen LogP contribution in [0.5, 0.6) is 5.75 Å². The van der Waals surface area contributed by atoms with Crippen LogP contribution in [0, 0.1) is 5.82 Å². The highest BCUT2D eigenvalue weighted by molar-refractivity contribution is 7.92. The molecule has 3 aromatic rings. The highest BCUT2D eigenvalue weighted by atomic mass is 32.2. The van der Waals surface area contributed by atoms with E-state index in [-0.39, 0.29) is 35.7 Å². The Hall–Kier alpha value is -3.11. The maximum Gasteiger partial charge on any atom is 0.255 e. The molecule has 1 N–H and O–H groups in total. The van der Waals surface area contributed by atoms with Crippen molar-refractivity contribution in [1.29, 1.82) is 0 Å². The smallest absolute Gasteiger partial charge is 0.255 e. The lowest BCUT2D eigenvalue weighted by atomic mass is 10.0. The summed E-state index contributed by atoms with van der Waals surface area (Å²) in [6.45, 7) is 2.51. The lowest BCUT2D eigenvalue weighted by molar-refractivity contribution is 0.0964. The first-order valence-electron chi connectivity index (χ1n) is 10.4. The zero-order chi connectivity index (χ0) is 24.2. The molecule has 8 nitrogen and oxygen atoms in total. The summed E-state index contributed by atoms with van der Waals surface area (Å²) in [5, 5.41) is 3.04. The summed E-state index contributed by atoms with van der Waals surface area (Å²) in [6.07, 6.45) is 1.79. The van der Waals surface area contributed by atoms with E-state index in [1.54, 1.807) is 6.07 Å². The first kappa shape index (κ1) is 24.5. The van der Waals surface area contributed by atoms with E-state index >= 15 is 0 Å². The number of hydrogen-bond acceptors (Lipinski definition) is 6. The Morgan fingerprint density at radius 1 is 1.18 bits per heavy atom. The summed E-state index contributed by atoms with van der Waals surface area (Å²) in [4.78, 5) is 12.8. The van der Waals surface area contributed by atoms with Crippen LogP contribution in [0.1, 0.15) is 23.7 Å². The maximum absolute atomic E-state index is 13.5. The summed E-state index contributed by atoms with van der Waals surface area (Å²) in [5.41, 5.74) is 1.31. The Morgan fingerprint density at radius 2 is 1.88 bits per heavy atom. The Labute approximate surface area is 192 Å². The largest absolute Gasteiger partial charge is 0.491 e. The van der Waals surface area contributed by atoms with Gasteiger partial charge in [0.1, 0.15) is 22.9 Å². The Morgan fingerprint density at radius 3 is 2.45 bits per heavy atom. The molecule has 0 unspecified atom stereocenters. The number of carbonyl (C=O) groups is 1. The van der Waals surface area contributed by atoms with E-state index in [1.165, 1.54) is 48.8 Å². The fraction of sp³-hybridized carbons (Fsp3) is 0.348. The molecular weight excluding hydrogens is 451 g/mol. The minimum Gasteiger partial charge on any atom is -0.491 e. The zero-order valence-corrected chi connectivity index (χ0v) is 19.8. The molecule has 0 fully saturated rings. The number of rotatable bonds is 10. The standard InChI is InChI=1S/C23H27FN2O6S/c1-5-11-31-20-13-17-19(14-18(20)26(10-12-30-3)33(4,28)29)32-22(21(17)23(27)25-2)15-6-8-16(24)9-7-15/h6-9,13-14H,5,10-12H2,1-4H3,(H,25,27). The van der Waals surface area contributed by atoms with Gasteiger partial charge in [-0.2, -0.15) is 0 Å². The van der Waals surface area contributed by atoms with Gasteiger partial charge >= 0.3 is 0 Å². The van der Waals surface area contributed by atoms with Crippen molar-refractivity contribution in [2.24, 2.45) is 0 Å². The Kier molecular flexibility index (Phi) is 7.60. The second-order valence-corrected chi connectivity index (χ2v) is 9.29. The van der Waals surface area contributed by atoms with Gasteiger partial charge in [-0.3, -0.25) is 9.10 Å². The summed E-state index contributed by atoms with van der Waals surface area (Å²) in [6, 6.07) is 8.70. The second kappa shape index (κ2) is 10.2. The van der Waals surface area contributed by atoms with Crippen LogP contribution in [-0.2, 0) is 14.8 Å². The van der Waals surface area contributed by atoms with Gasteiger partial charge in [-0.05, 0) is 36.8 Å². The van der Waals surface area contributed by atoms with Gasteiger partial charge in [0.25, 0.3) is 5.91 Å². The number of halogens is 1. The Balaban J connectivity index is 2.30. The summed E-state index contributed by atoms with van der Waals surface area (Å²) < 4.78 is 56.8. The van der Waals surface area contributed by atoms with Crippen LogP contribution < -0.4 is 14.4 Å². The molecule has 3 rings (SSSR count). The van der Waals surface area contributed by atoms with Crippen LogP contribution in [0.25, 0.3) is 22.3 Å². The third kappa shape index (κ3) is 5.28. The number of methoxy groups -OCH3 is 1. The highest BCUT2D eigenvalue weighted by Gasteiger charge is 2.27. The lowest BCUT2D eigenvalue weighted by Crippen LogP contribution is -2.33. The molecule has 10 heteroatoms. The lowest BCUT2D eigenvalue weighted by Gasteiger charge is -2.24. The molecule has 2 aromatic carbocycles. The molecule has 1 aromatic heterocycles. The number of furan rings is 1. The monoisotopic (exact) mass is 478 g/mol.